The second kappa shape index (κ2) is 7.88. The van der Waals surface area contributed by atoms with Crippen molar-refractivity contribution in [1.82, 2.24) is 0 Å². The maximum atomic E-state index is 10.6. The van der Waals surface area contributed by atoms with Crippen LogP contribution in [-0.4, -0.2) is 10.2 Å². The van der Waals surface area contributed by atoms with Crippen LogP contribution >= 0.6 is 7.26 Å². The molecular weight excluding hydrogens is 363 g/mol. The van der Waals surface area contributed by atoms with E-state index in [0.29, 0.717) is 6.16 Å². The molecule has 3 heteroatoms. The zero-order chi connectivity index (χ0) is 19.4. The summed E-state index contributed by atoms with van der Waals surface area (Å²) in [5, 5.41) is 24.1. The SMILES string of the molecule is Oc1ccc(C[P+](c2ccccc2)(c2ccccc2)c2ccccc2)c(O)c1. The molecule has 0 heterocycles. The highest BCUT2D eigenvalue weighted by Gasteiger charge is 2.45. The summed E-state index contributed by atoms with van der Waals surface area (Å²) in [6, 6.07) is 36.6. The van der Waals surface area contributed by atoms with E-state index >= 15 is 0 Å². The number of hydrogen-bond donors (Lipinski definition) is 2. The number of phenolic OH excluding ortho intramolecular Hbond substituents is 2. The second-order valence-corrected chi connectivity index (χ2v) is 10.3. The average molecular weight is 385 g/mol. The molecule has 4 aromatic rings. The molecule has 0 aliphatic heterocycles. The van der Waals surface area contributed by atoms with Crippen molar-refractivity contribution in [3.63, 3.8) is 0 Å². The predicted octanol–water partition coefficient (Wildman–Crippen LogP) is 4.59. The Hall–Kier alpha value is -3.09. The molecule has 2 N–H and O–H groups in total. The lowest BCUT2D eigenvalue weighted by molar-refractivity contribution is 0.447. The lowest BCUT2D eigenvalue weighted by Crippen LogP contribution is -2.32. The number of rotatable bonds is 5. The van der Waals surface area contributed by atoms with Crippen LogP contribution < -0.4 is 15.9 Å². The van der Waals surface area contributed by atoms with Crippen molar-refractivity contribution in [1.29, 1.82) is 0 Å². The van der Waals surface area contributed by atoms with Crippen LogP contribution in [0.5, 0.6) is 11.5 Å². The fourth-order valence-electron chi connectivity index (χ4n) is 3.71. The summed E-state index contributed by atoms with van der Waals surface area (Å²) in [6.45, 7) is 0. The zero-order valence-corrected chi connectivity index (χ0v) is 16.3. The van der Waals surface area contributed by atoms with Gasteiger partial charge < -0.3 is 10.2 Å². The Bertz CT molecular complexity index is 951. The maximum Gasteiger partial charge on any atom is 0.126 e. The molecule has 0 amide bonds. The molecule has 0 aliphatic rings. The average Bonchev–Trinajstić information content (AvgIpc) is 2.75. The molecule has 138 valence electrons. The summed E-state index contributed by atoms with van der Waals surface area (Å²) >= 11 is 0. The van der Waals surface area contributed by atoms with Crippen LogP contribution in [0.3, 0.4) is 0 Å². The standard InChI is InChI=1S/C25H21O2P/c26-21-17-16-20(25(27)18-21)19-28(22-10-4-1-5-11-22,23-12-6-2-7-13-23)24-14-8-3-9-15-24/h1-18H,19H2,(H-,26,27)/p+1. The number of hydrogen-bond acceptors (Lipinski definition) is 2. The molecule has 0 radical (unpaired) electrons. The minimum atomic E-state index is -2.06. The van der Waals surface area contributed by atoms with Crippen molar-refractivity contribution in [3.05, 3.63) is 115 Å². The van der Waals surface area contributed by atoms with Crippen molar-refractivity contribution in [2.75, 3.05) is 0 Å². The van der Waals surface area contributed by atoms with Crippen molar-refractivity contribution in [2.24, 2.45) is 0 Å². The van der Waals surface area contributed by atoms with Gasteiger partial charge in [-0.3, -0.25) is 0 Å². The van der Waals surface area contributed by atoms with Crippen LogP contribution in [0.1, 0.15) is 5.56 Å². The number of aromatic hydroxyl groups is 2. The summed E-state index contributed by atoms with van der Waals surface area (Å²) in [4.78, 5) is 0. The maximum absolute atomic E-state index is 10.6. The molecule has 0 spiro atoms. The smallest absolute Gasteiger partial charge is 0.126 e. The third kappa shape index (κ3) is 3.40. The Morgan fingerprint density at radius 2 is 0.964 bits per heavy atom. The van der Waals surface area contributed by atoms with E-state index < -0.39 is 7.26 Å². The van der Waals surface area contributed by atoms with Gasteiger partial charge in [-0.15, -0.1) is 0 Å². The van der Waals surface area contributed by atoms with Crippen molar-refractivity contribution >= 4 is 23.2 Å². The van der Waals surface area contributed by atoms with Crippen molar-refractivity contribution in [3.8, 4) is 11.5 Å². The van der Waals surface area contributed by atoms with Gasteiger partial charge in [-0.05, 0) is 48.5 Å². The van der Waals surface area contributed by atoms with E-state index in [1.54, 1.807) is 6.07 Å². The van der Waals surface area contributed by atoms with E-state index in [4.69, 9.17) is 0 Å². The monoisotopic (exact) mass is 385 g/mol. The Labute approximate surface area is 166 Å². The first-order valence-corrected chi connectivity index (χ1v) is 11.2. The first kappa shape index (κ1) is 18.3. The van der Waals surface area contributed by atoms with Gasteiger partial charge in [0.2, 0.25) is 0 Å². The van der Waals surface area contributed by atoms with Gasteiger partial charge in [-0.1, -0.05) is 54.6 Å². The van der Waals surface area contributed by atoms with Gasteiger partial charge in [-0.2, -0.15) is 0 Å². The van der Waals surface area contributed by atoms with E-state index in [0.717, 1.165) is 5.56 Å². The first-order valence-electron chi connectivity index (χ1n) is 9.26. The molecule has 0 aliphatic carbocycles. The van der Waals surface area contributed by atoms with Crippen LogP contribution in [0.25, 0.3) is 0 Å². The molecule has 2 nitrogen and oxygen atoms in total. The second-order valence-electron chi connectivity index (χ2n) is 6.79. The molecular formula is C25H22O2P+. The van der Waals surface area contributed by atoms with Crippen molar-refractivity contribution < 1.29 is 10.2 Å². The summed E-state index contributed by atoms with van der Waals surface area (Å²) in [6.07, 6.45) is 0.678. The van der Waals surface area contributed by atoms with E-state index in [2.05, 4.69) is 72.8 Å². The summed E-state index contributed by atoms with van der Waals surface area (Å²) < 4.78 is 0. The molecule has 0 atom stereocenters. The van der Waals surface area contributed by atoms with E-state index in [-0.39, 0.29) is 11.5 Å². The van der Waals surface area contributed by atoms with E-state index in [1.165, 1.54) is 22.0 Å². The largest absolute Gasteiger partial charge is 0.508 e. The van der Waals surface area contributed by atoms with Crippen LogP contribution in [-0.2, 0) is 6.16 Å². The van der Waals surface area contributed by atoms with Gasteiger partial charge in [0.15, 0.2) is 0 Å². The highest BCUT2D eigenvalue weighted by molar-refractivity contribution is 7.95. The Morgan fingerprint density at radius 1 is 0.536 bits per heavy atom. The third-order valence-electron chi connectivity index (χ3n) is 5.07. The topological polar surface area (TPSA) is 40.5 Å². The van der Waals surface area contributed by atoms with Gasteiger partial charge in [0.1, 0.15) is 40.8 Å². The molecule has 0 saturated heterocycles. The molecule has 4 rings (SSSR count). The number of benzene rings is 4. The quantitative estimate of drug-likeness (QED) is 0.493. The van der Waals surface area contributed by atoms with Gasteiger partial charge in [0.25, 0.3) is 0 Å². The summed E-state index contributed by atoms with van der Waals surface area (Å²) in [7, 11) is -2.06. The first-order chi connectivity index (χ1) is 13.7. The molecule has 0 bridgehead atoms. The summed E-state index contributed by atoms with van der Waals surface area (Å²) in [5.74, 6) is 0.205. The van der Waals surface area contributed by atoms with Gasteiger partial charge in [0, 0.05) is 11.6 Å². The van der Waals surface area contributed by atoms with Crippen LogP contribution in [0.15, 0.2) is 109 Å². The molecule has 0 saturated carbocycles. The number of phenols is 2. The minimum Gasteiger partial charge on any atom is -0.508 e. The summed E-state index contributed by atoms with van der Waals surface area (Å²) in [5.41, 5.74) is 0.836. The molecule has 0 aromatic heterocycles. The zero-order valence-electron chi connectivity index (χ0n) is 15.4. The fraction of sp³-hybridized carbons (Fsp3) is 0.0400. The fourth-order valence-corrected chi connectivity index (χ4v) is 7.97. The highest BCUT2D eigenvalue weighted by atomic mass is 31.2. The van der Waals surface area contributed by atoms with Crippen LogP contribution in [0.2, 0.25) is 0 Å². The molecule has 0 unspecified atom stereocenters. The van der Waals surface area contributed by atoms with Crippen LogP contribution in [0.4, 0.5) is 0 Å². The molecule has 4 aromatic carbocycles. The van der Waals surface area contributed by atoms with Gasteiger partial charge >= 0.3 is 0 Å². The lowest BCUT2D eigenvalue weighted by Gasteiger charge is -2.28. The Morgan fingerprint density at radius 3 is 1.36 bits per heavy atom. The predicted molar refractivity (Wildman–Crippen MR) is 119 cm³/mol. The van der Waals surface area contributed by atoms with E-state index in [9.17, 15) is 10.2 Å². The van der Waals surface area contributed by atoms with Crippen LogP contribution in [0, 0.1) is 0 Å². The minimum absolute atomic E-state index is 0.0734. The van der Waals surface area contributed by atoms with E-state index in [1.807, 2.05) is 24.3 Å². The molecule has 0 fully saturated rings. The normalized spacial score (nSPS) is 11.3. The molecule has 28 heavy (non-hydrogen) atoms. The van der Waals surface area contributed by atoms with Crippen molar-refractivity contribution in [2.45, 2.75) is 6.16 Å². The Balaban J connectivity index is 2.01. The third-order valence-corrected chi connectivity index (χ3v) is 9.42. The Kier molecular flexibility index (Phi) is 5.14. The highest BCUT2D eigenvalue weighted by Crippen LogP contribution is 2.59. The van der Waals surface area contributed by atoms with Gasteiger partial charge in [-0.25, -0.2) is 0 Å². The van der Waals surface area contributed by atoms with Gasteiger partial charge in [0.05, 0.1) is 0 Å². The lowest BCUT2D eigenvalue weighted by atomic mass is 10.2.